The lowest BCUT2D eigenvalue weighted by Crippen LogP contribution is -2.53. The Morgan fingerprint density at radius 3 is 1.91 bits per heavy atom. The molecule has 0 spiro atoms. The van der Waals surface area contributed by atoms with Gasteiger partial charge in [0.2, 0.25) is 0 Å². The number of carbonyl (C=O) groups excluding carboxylic acids is 1. The van der Waals surface area contributed by atoms with E-state index in [0.29, 0.717) is 10.6 Å². The number of hydrogen-bond donors (Lipinski definition) is 0. The van der Waals surface area contributed by atoms with Gasteiger partial charge in [0.25, 0.3) is 0 Å². The zero-order valence-corrected chi connectivity index (χ0v) is 27.0. The van der Waals surface area contributed by atoms with E-state index in [4.69, 9.17) is 11.6 Å². The number of ketones is 1. The van der Waals surface area contributed by atoms with E-state index in [0.717, 1.165) is 16.7 Å². The number of carbonyl (C=O) groups is 1. The summed E-state index contributed by atoms with van der Waals surface area (Å²) in [5.41, 5.74) is 3.17. The highest BCUT2D eigenvalue weighted by atomic mass is 35.5. The standard InChI is InChI=1S/C36H35ClO5S2/c1-23-12-18-28(19-13-23)43(39,40)35-22-31-32(20-29(35)25-9-4-3-5-10-25)36(44(41,42)34-11-7-6-8-24(34)2)30(21-33(31)38)26-14-16-27(37)17-15-26/h3-19,29-32,35-36H,20-22H2,1-2H3/t29?,30?,31-,32+,35?,36?/m1/s1. The summed E-state index contributed by atoms with van der Waals surface area (Å²) in [7, 11) is -7.79. The van der Waals surface area contributed by atoms with Crippen LogP contribution >= 0.6 is 11.6 Å². The SMILES string of the molecule is Cc1ccc(S(=O)(=O)C2C[C@H]3C(=O)CC(c4ccc(Cl)cc4)C(S(=O)(=O)c4ccccc4C)[C@H]3CC2c2ccccc2)cc1. The molecule has 0 aromatic heterocycles. The predicted octanol–water partition coefficient (Wildman–Crippen LogP) is 7.51. The van der Waals surface area contributed by atoms with Crippen LogP contribution in [-0.2, 0) is 24.5 Å². The molecule has 0 amide bonds. The number of benzene rings is 4. The molecule has 4 aromatic carbocycles. The predicted molar refractivity (Wildman–Crippen MR) is 174 cm³/mol. The first-order chi connectivity index (χ1) is 21.0. The molecule has 2 saturated carbocycles. The molecule has 4 aromatic rings. The summed E-state index contributed by atoms with van der Waals surface area (Å²) in [5.74, 6) is -2.44. The van der Waals surface area contributed by atoms with Crippen LogP contribution in [-0.4, -0.2) is 33.1 Å². The van der Waals surface area contributed by atoms with Crippen molar-refractivity contribution in [3.05, 3.63) is 130 Å². The summed E-state index contributed by atoms with van der Waals surface area (Å²) in [6, 6.07) is 30.3. The molecule has 0 bridgehead atoms. The number of sulfone groups is 2. The topological polar surface area (TPSA) is 85.3 Å². The maximum atomic E-state index is 14.7. The van der Waals surface area contributed by atoms with E-state index in [1.807, 2.05) is 55.5 Å². The highest BCUT2D eigenvalue weighted by Gasteiger charge is 2.56. The smallest absolute Gasteiger partial charge is 0.182 e. The second-order valence-electron chi connectivity index (χ2n) is 12.3. The zero-order valence-electron chi connectivity index (χ0n) is 24.6. The first-order valence-electron chi connectivity index (χ1n) is 14.9. The summed E-state index contributed by atoms with van der Waals surface area (Å²) in [4.78, 5) is 14.5. The molecular formula is C36H35ClO5S2. The third-order valence-electron chi connectivity index (χ3n) is 9.66. The number of aryl methyl sites for hydroxylation is 2. The van der Waals surface area contributed by atoms with Gasteiger partial charge in [0.15, 0.2) is 19.7 Å². The van der Waals surface area contributed by atoms with E-state index in [1.165, 1.54) is 0 Å². The molecule has 228 valence electrons. The van der Waals surface area contributed by atoms with Crippen LogP contribution in [0.2, 0.25) is 5.02 Å². The normalized spacial score (nSPS) is 25.8. The lowest BCUT2D eigenvalue weighted by atomic mass is 9.62. The molecule has 2 aliphatic rings. The Bertz CT molecular complexity index is 1890. The Balaban J connectivity index is 1.51. The van der Waals surface area contributed by atoms with Crippen molar-refractivity contribution in [3.8, 4) is 0 Å². The van der Waals surface area contributed by atoms with Crippen LogP contribution in [0.5, 0.6) is 0 Å². The molecular weight excluding hydrogens is 612 g/mol. The minimum Gasteiger partial charge on any atom is -0.299 e. The van der Waals surface area contributed by atoms with E-state index >= 15 is 0 Å². The first-order valence-corrected chi connectivity index (χ1v) is 18.4. The largest absolute Gasteiger partial charge is 0.299 e. The second kappa shape index (κ2) is 11.9. The third kappa shape index (κ3) is 5.55. The molecule has 5 nitrogen and oxygen atoms in total. The summed E-state index contributed by atoms with van der Waals surface area (Å²) in [6.07, 6.45) is 0.355. The van der Waals surface area contributed by atoms with Crippen molar-refractivity contribution < 1.29 is 21.6 Å². The molecule has 2 fully saturated rings. The summed E-state index contributed by atoms with van der Waals surface area (Å²) in [6.45, 7) is 3.69. The number of Topliss-reactive ketones (excluding diaryl/α,β-unsaturated/α-hetero) is 1. The van der Waals surface area contributed by atoms with Gasteiger partial charge in [-0.1, -0.05) is 90.0 Å². The van der Waals surface area contributed by atoms with Crippen molar-refractivity contribution in [2.45, 2.75) is 65.2 Å². The minimum atomic E-state index is -3.94. The quantitative estimate of drug-likeness (QED) is 0.216. The number of rotatable bonds is 6. The molecule has 0 radical (unpaired) electrons. The average Bonchev–Trinajstić information content (AvgIpc) is 3.01. The van der Waals surface area contributed by atoms with Gasteiger partial charge in [0, 0.05) is 29.2 Å². The van der Waals surface area contributed by atoms with Gasteiger partial charge in [0.1, 0.15) is 5.78 Å². The van der Waals surface area contributed by atoms with E-state index in [-0.39, 0.29) is 34.8 Å². The number of hydrogen-bond acceptors (Lipinski definition) is 5. The summed E-state index contributed by atoms with van der Waals surface area (Å²) < 4.78 is 58.0. The Morgan fingerprint density at radius 1 is 0.636 bits per heavy atom. The number of fused-ring (bicyclic) bond motifs is 1. The molecule has 6 rings (SSSR count). The molecule has 0 heterocycles. The van der Waals surface area contributed by atoms with Gasteiger partial charge < -0.3 is 0 Å². The van der Waals surface area contributed by atoms with E-state index in [9.17, 15) is 21.6 Å². The highest BCUT2D eigenvalue weighted by Crippen LogP contribution is 2.54. The zero-order chi connectivity index (χ0) is 31.2. The summed E-state index contributed by atoms with van der Waals surface area (Å²) >= 11 is 6.20. The maximum absolute atomic E-state index is 14.7. The van der Waals surface area contributed by atoms with Gasteiger partial charge in [-0.15, -0.1) is 0 Å². The lowest BCUT2D eigenvalue weighted by molar-refractivity contribution is -0.128. The van der Waals surface area contributed by atoms with Gasteiger partial charge in [-0.2, -0.15) is 0 Å². The first kappa shape index (κ1) is 30.8. The van der Waals surface area contributed by atoms with Crippen molar-refractivity contribution in [3.63, 3.8) is 0 Å². The fourth-order valence-electron chi connectivity index (χ4n) is 7.50. The fourth-order valence-corrected chi connectivity index (χ4v) is 12.2. The van der Waals surface area contributed by atoms with Crippen molar-refractivity contribution in [1.82, 2.24) is 0 Å². The number of halogens is 1. The molecule has 4 unspecified atom stereocenters. The Labute approximate surface area is 265 Å². The van der Waals surface area contributed by atoms with Crippen LogP contribution in [0.25, 0.3) is 0 Å². The molecule has 6 atom stereocenters. The molecule has 0 saturated heterocycles. The van der Waals surface area contributed by atoms with Crippen LogP contribution < -0.4 is 0 Å². The average molecular weight is 647 g/mol. The van der Waals surface area contributed by atoms with E-state index in [2.05, 4.69) is 0 Å². The van der Waals surface area contributed by atoms with E-state index in [1.54, 1.807) is 61.5 Å². The fraction of sp³-hybridized carbons (Fsp3) is 0.306. The van der Waals surface area contributed by atoms with Crippen LogP contribution in [0.1, 0.15) is 53.4 Å². The van der Waals surface area contributed by atoms with Gasteiger partial charge in [-0.05, 0) is 79.6 Å². The summed E-state index contributed by atoms with van der Waals surface area (Å²) in [5, 5.41) is -1.26. The highest BCUT2D eigenvalue weighted by molar-refractivity contribution is 7.92. The van der Waals surface area contributed by atoms with Crippen molar-refractivity contribution in [2.75, 3.05) is 0 Å². The second-order valence-corrected chi connectivity index (χ2v) is 16.9. The molecule has 44 heavy (non-hydrogen) atoms. The molecule has 8 heteroatoms. The van der Waals surface area contributed by atoms with Crippen LogP contribution in [0.4, 0.5) is 0 Å². The Hall–Kier alpha value is -3.26. The van der Waals surface area contributed by atoms with Gasteiger partial charge >= 0.3 is 0 Å². The monoisotopic (exact) mass is 646 g/mol. The molecule has 0 N–H and O–H groups in total. The van der Waals surface area contributed by atoms with Crippen molar-refractivity contribution in [2.24, 2.45) is 11.8 Å². The molecule has 2 aliphatic carbocycles. The lowest BCUT2D eigenvalue weighted by Gasteiger charge is -2.48. The Morgan fingerprint density at radius 2 is 1.25 bits per heavy atom. The maximum Gasteiger partial charge on any atom is 0.182 e. The Kier molecular flexibility index (Phi) is 8.33. The molecule has 0 aliphatic heterocycles. The van der Waals surface area contributed by atoms with E-state index < -0.39 is 53.8 Å². The third-order valence-corrected chi connectivity index (χ3v) is 14.6. The minimum absolute atomic E-state index is 0.0197. The van der Waals surface area contributed by atoms with Crippen LogP contribution in [0.15, 0.2) is 113 Å². The van der Waals surface area contributed by atoms with Crippen LogP contribution in [0, 0.1) is 25.7 Å². The van der Waals surface area contributed by atoms with Crippen molar-refractivity contribution >= 4 is 37.1 Å². The van der Waals surface area contributed by atoms with Gasteiger partial charge in [-0.3, -0.25) is 4.79 Å². The van der Waals surface area contributed by atoms with Gasteiger partial charge in [-0.25, -0.2) is 16.8 Å². The van der Waals surface area contributed by atoms with Gasteiger partial charge in [0.05, 0.1) is 20.3 Å². The van der Waals surface area contributed by atoms with Crippen molar-refractivity contribution in [1.29, 1.82) is 0 Å². The van der Waals surface area contributed by atoms with Crippen LogP contribution in [0.3, 0.4) is 0 Å².